The highest BCUT2D eigenvalue weighted by Crippen LogP contribution is 2.29. The number of anilines is 1. The lowest BCUT2D eigenvalue weighted by atomic mass is 10.1. The van der Waals surface area contributed by atoms with E-state index < -0.39 is 10.8 Å². The fourth-order valence-corrected chi connectivity index (χ4v) is 4.38. The van der Waals surface area contributed by atoms with Crippen molar-refractivity contribution in [2.75, 3.05) is 30.3 Å². The number of hydrogen-bond acceptors (Lipinski definition) is 8. The van der Waals surface area contributed by atoms with E-state index in [9.17, 15) is 14.9 Å². The first-order chi connectivity index (χ1) is 15.6. The van der Waals surface area contributed by atoms with Gasteiger partial charge >= 0.3 is 0 Å². The maximum atomic E-state index is 12.5. The average Bonchev–Trinajstić information content (AvgIpc) is 3.22. The van der Waals surface area contributed by atoms with E-state index in [1.807, 2.05) is 0 Å². The second kappa shape index (κ2) is 9.94. The molecule has 2 aromatic heterocycles. The molecule has 168 valence electrons. The molecular weight excluding hydrogens is 430 g/mol. The number of hydrogen-bond donors (Lipinski definition) is 1. The first-order valence-electron chi connectivity index (χ1n) is 10.7. The Balaban J connectivity index is 1.53. The van der Waals surface area contributed by atoms with Crippen LogP contribution in [0.4, 0.5) is 11.5 Å². The largest absolute Gasteiger partial charge is 0.356 e. The molecule has 0 aliphatic carbocycles. The van der Waals surface area contributed by atoms with Gasteiger partial charge in [0.2, 0.25) is 0 Å². The highest BCUT2D eigenvalue weighted by atomic mass is 32.2. The summed E-state index contributed by atoms with van der Waals surface area (Å²) in [5.74, 6) is 1.30. The van der Waals surface area contributed by atoms with Crippen molar-refractivity contribution in [2.45, 2.75) is 37.9 Å². The zero-order valence-corrected chi connectivity index (χ0v) is 18.7. The van der Waals surface area contributed by atoms with Gasteiger partial charge < -0.3 is 10.2 Å². The summed E-state index contributed by atoms with van der Waals surface area (Å²) in [6.07, 6.45) is 5.31. The van der Waals surface area contributed by atoms with Gasteiger partial charge in [0.25, 0.3) is 11.6 Å². The number of rotatable bonds is 8. The highest BCUT2D eigenvalue weighted by Gasteiger charge is 2.21. The van der Waals surface area contributed by atoms with Crippen LogP contribution in [-0.2, 0) is 6.54 Å². The standard InChI is InChI=1S/C21H25N7O3S/c1-2-32-21-24-18(26-11-6-3-7-12-26)16-14-23-27(19(16)25-21)13-10-22-20(29)15-8-4-5-9-17(15)28(30)31/h4-5,8-9,14H,2-3,6-7,10-13H2,1H3,(H,22,29). The monoisotopic (exact) mass is 455 g/mol. The molecule has 11 heteroatoms. The third-order valence-corrected chi connectivity index (χ3v) is 6.07. The van der Waals surface area contributed by atoms with Crippen LogP contribution in [0.1, 0.15) is 36.5 Å². The Kier molecular flexibility index (Phi) is 6.84. The van der Waals surface area contributed by atoms with E-state index in [4.69, 9.17) is 9.97 Å². The third kappa shape index (κ3) is 4.67. The number of benzene rings is 1. The van der Waals surface area contributed by atoms with Gasteiger partial charge in [-0.3, -0.25) is 14.9 Å². The number of nitro groups is 1. The van der Waals surface area contributed by atoms with Crippen LogP contribution in [0, 0.1) is 10.1 Å². The fraction of sp³-hybridized carbons (Fsp3) is 0.429. The highest BCUT2D eigenvalue weighted by molar-refractivity contribution is 7.99. The van der Waals surface area contributed by atoms with Crippen molar-refractivity contribution in [3.63, 3.8) is 0 Å². The zero-order valence-electron chi connectivity index (χ0n) is 17.9. The summed E-state index contributed by atoms with van der Waals surface area (Å²) in [5, 5.41) is 20.0. The van der Waals surface area contributed by atoms with Gasteiger partial charge in [-0.2, -0.15) is 5.10 Å². The van der Waals surface area contributed by atoms with Crippen LogP contribution in [0.3, 0.4) is 0 Å². The Hall–Kier alpha value is -3.21. The van der Waals surface area contributed by atoms with E-state index in [1.165, 1.54) is 24.6 Å². The lowest BCUT2D eigenvalue weighted by molar-refractivity contribution is -0.385. The van der Waals surface area contributed by atoms with Gasteiger partial charge in [-0.1, -0.05) is 30.8 Å². The van der Waals surface area contributed by atoms with Crippen LogP contribution in [0.25, 0.3) is 11.0 Å². The van der Waals surface area contributed by atoms with Crippen molar-refractivity contribution < 1.29 is 9.72 Å². The number of nitrogens with one attached hydrogen (secondary N) is 1. The zero-order chi connectivity index (χ0) is 22.5. The molecule has 4 rings (SSSR count). The van der Waals surface area contributed by atoms with Crippen LogP contribution in [0.15, 0.2) is 35.6 Å². The molecule has 1 aromatic carbocycles. The second-order valence-corrected chi connectivity index (χ2v) is 8.68. The van der Waals surface area contributed by atoms with Gasteiger partial charge in [0.15, 0.2) is 10.8 Å². The molecular formula is C21H25N7O3S. The van der Waals surface area contributed by atoms with E-state index in [-0.39, 0.29) is 17.8 Å². The van der Waals surface area contributed by atoms with E-state index in [0.29, 0.717) is 11.7 Å². The van der Waals surface area contributed by atoms with Crippen molar-refractivity contribution >= 4 is 40.2 Å². The van der Waals surface area contributed by atoms with Gasteiger partial charge in [-0.05, 0) is 31.1 Å². The average molecular weight is 456 g/mol. The van der Waals surface area contributed by atoms with E-state index >= 15 is 0 Å². The number of piperidine rings is 1. The number of thioether (sulfide) groups is 1. The van der Waals surface area contributed by atoms with Gasteiger partial charge in [-0.15, -0.1) is 0 Å². The molecule has 1 saturated heterocycles. The normalized spacial score (nSPS) is 14.0. The molecule has 0 spiro atoms. The summed E-state index contributed by atoms with van der Waals surface area (Å²) in [4.78, 5) is 34.9. The fourth-order valence-electron chi connectivity index (χ4n) is 3.82. The summed E-state index contributed by atoms with van der Waals surface area (Å²) < 4.78 is 1.75. The quantitative estimate of drug-likeness (QED) is 0.238. The maximum absolute atomic E-state index is 12.5. The number of carbonyl (C=O) groups excluding carboxylic acids is 1. The van der Waals surface area contributed by atoms with Crippen LogP contribution in [0.5, 0.6) is 0 Å². The molecule has 3 heterocycles. The number of carbonyl (C=O) groups is 1. The Bertz CT molecular complexity index is 1130. The summed E-state index contributed by atoms with van der Waals surface area (Å²) in [6, 6.07) is 5.91. The van der Waals surface area contributed by atoms with Crippen molar-refractivity contribution in [1.82, 2.24) is 25.1 Å². The van der Waals surface area contributed by atoms with Crippen LogP contribution in [-0.4, -0.2) is 56.0 Å². The molecule has 10 nitrogen and oxygen atoms in total. The van der Waals surface area contributed by atoms with E-state index in [1.54, 1.807) is 28.7 Å². The number of nitrogens with zero attached hydrogens (tertiary/aromatic N) is 6. The minimum atomic E-state index is -0.554. The molecule has 0 bridgehead atoms. The van der Waals surface area contributed by atoms with Crippen molar-refractivity contribution in [3.05, 3.63) is 46.1 Å². The first kappa shape index (κ1) is 22.0. The molecule has 0 unspecified atom stereocenters. The molecule has 0 radical (unpaired) electrons. The Morgan fingerprint density at radius 3 is 2.75 bits per heavy atom. The molecule has 1 aliphatic rings. The van der Waals surface area contributed by atoms with Crippen LogP contribution < -0.4 is 10.2 Å². The minimum absolute atomic E-state index is 0.0409. The van der Waals surface area contributed by atoms with Gasteiger partial charge in [-0.25, -0.2) is 14.6 Å². The number of nitro benzene ring substituents is 1. The predicted molar refractivity (Wildman–Crippen MR) is 123 cm³/mol. The van der Waals surface area contributed by atoms with E-state index in [0.717, 1.165) is 48.5 Å². The SMILES string of the molecule is CCSc1nc(N2CCCCC2)c2cnn(CCNC(=O)c3ccccc3[N+](=O)[O-])c2n1. The molecule has 1 amide bonds. The smallest absolute Gasteiger partial charge is 0.282 e. The minimum Gasteiger partial charge on any atom is -0.356 e. The van der Waals surface area contributed by atoms with Gasteiger partial charge in [0, 0.05) is 25.7 Å². The van der Waals surface area contributed by atoms with E-state index in [2.05, 4.69) is 22.2 Å². The third-order valence-electron chi connectivity index (χ3n) is 5.34. The molecule has 3 aromatic rings. The number of fused-ring (bicyclic) bond motifs is 1. The van der Waals surface area contributed by atoms with Crippen molar-refractivity contribution in [1.29, 1.82) is 0 Å². The van der Waals surface area contributed by atoms with Crippen molar-refractivity contribution in [3.8, 4) is 0 Å². The number of para-hydroxylation sites is 1. The Morgan fingerprint density at radius 1 is 1.22 bits per heavy atom. The summed E-state index contributed by atoms with van der Waals surface area (Å²) in [7, 11) is 0. The summed E-state index contributed by atoms with van der Waals surface area (Å²) in [5.41, 5.74) is 0.560. The lowest BCUT2D eigenvalue weighted by Gasteiger charge is -2.28. The summed E-state index contributed by atoms with van der Waals surface area (Å²) >= 11 is 1.59. The number of aromatic nitrogens is 4. The van der Waals surface area contributed by atoms with Gasteiger partial charge in [0.05, 0.1) is 23.1 Å². The molecule has 1 fully saturated rings. The van der Waals surface area contributed by atoms with Gasteiger partial charge in [0.1, 0.15) is 11.4 Å². The Morgan fingerprint density at radius 2 is 2.00 bits per heavy atom. The molecule has 1 N–H and O–H groups in total. The molecule has 32 heavy (non-hydrogen) atoms. The maximum Gasteiger partial charge on any atom is 0.282 e. The topological polar surface area (TPSA) is 119 Å². The number of amides is 1. The second-order valence-electron chi connectivity index (χ2n) is 7.45. The van der Waals surface area contributed by atoms with Crippen molar-refractivity contribution in [2.24, 2.45) is 0 Å². The molecule has 1 aliphatic heterocycles. The predicted octanol–water partition coefficient (Wildman–Crippen LogP) is 3.27. The molecule has 0 atom stereocenters. The first-order valence-corrected chi connectivity index (χ1v) is 11.7. The Labute approximate surface area is 189 Å². The summed E-state index contributed by atoms with van der Waals surface area (Å²) in [6.45, 7) is 4.66. The lowest BCUT2D eigenvalue weighted by Crippen LogP contribution is -2.30. The molecule has 0 saturated carbocycles. The van der Waals surface area contributed by atoms with Crippen LogP contribution in [0.2, 0.25) is 0 Å². The van der Waals surface area contributed by atoms with Crippen LogP contribution >= 0.6 is 11.8 Å².